The SMILES string of the molecule is C/C=C/C[C@@H](C)[C@@H](O)[C@H]1C(=O)N[C@@H](CC)C(=O)N(C)[C@H](CCN(C)C)C(=O)N(C)[C@@H](C(C)CC)C(=O)N[C@@H](C(C)C)C(=O)N(C)[C@@H](CC(C)C)C(=O)N[C@@H](C)C(=O)N[C@H](C)C(=O)N(C)[C@@H](CC(C)C)C(=O)N(C)[C@@H](CC(C)C)C(=O)N(C)[C@@H](C(C)C)C(=O)N1C. The Balaban J connectivity index is 4.51. The van der Waals surface area contributed by atoms with E-state index in [1.807, 2.05) is 66.4 Å². The second-order valence-corrected chi connectivity index (χ2v) is 27.6. The molecule has 0 radical (unpaired) electrons. The van der Waals surface area contributed by atoms with Crippen LogP contribution in [-0.2, 0) is 52.7 Å². The number of carbonyl (C=O) groups is 11. The van der Waals surface area contributed by atoms with E-state index in [9.17, 15) is 29.1 Å². The summed E-state index contributed by atoms with van der Waals surface area (Å²) in [5.41, 5.74) is 0. The summed E-state index contributed by atoms with van der Waals surface area (Å²) < 4.78 is 0. The van der Waals surface area contributed by atoms with Crippen molar-refractivity contribution in [3.8, 4) is 0 Å². The summed E-state index contributed by atoms with van der Waals surface area (Å²) in [7, 11) is 13.7. The van der Waals surface area contributed by atoms with Gasteiger partial charge in [-0.3, -0.25) is 52.7 Å². The molecule has 90 heavy (non-hydrogen) atoms. The summed E-state index contributed by atoms with van der Waals surface area (Å²) in [4.78, 5) is 174. The number of rotatable bonds is 18. The molecule has 1 unspecified atom stereocenters. The maximum Gasteiger partial charge on any atom is 0.246 e. The number of likely N-dealkylation sites (N-methyl/N-ethyl adjacent to an activating group) is 7. The van der Waals surface area contributed by atoms with Gasteiger partial charge in [0.05, 0.1) is 6.10 Å². The van der Waals surface area contributed by atoms with E-state index in [1.165, 1.54) is 92.6 Å². The average Bonchev–Trinajstić information content (AvgIpc) is 0.843. The minimum absolute atomic E-state index is 0.00890. The predicted molar refractivity (Wildman–Crippen MR) is 351 cm³/mol. The van der Waals surface area contributed by atoms with E-state index in [2.05, 4.69) is 21.3 Å². The number of carbonyl (C=O) groups excluding carboxylic acids is 11. The molecule has 0 aliphatic carbocycles. The Labute approximate surface area is 540 Å². The third-order valence-corrected chi connectivity index (χ3v) is 17.6. The van der Waals surface area contributed by atoms with Crippen molar-refractivity contribution in [1.29, 1.82) is 0 Å². The minimum Gasteiger partial charge on any atom is -0.390 e. The molecule has 1 rings (SSSR count). The summed E-state index contributed by atoms with van der Waals surface area (Å²) in [6.07, 6.45) is 3.36. The van der Waals surface area contributed by atoms with Crippen LogP contribution in [0.5, 0.6) is 0 Å². The van der Waals surface area contributed by atoms with Crippen LogP contribution in [0.2, 0.25) is 0 Å². The van der Waals surface area contributed by atoms with E-state index < -0.39 is 161 Å². The van der Waals surface area contributed by atoms with Gasteiger partial charge in [0, 0.05) is 49.3 Å². The lowest BCUT2D eigenvalue weighted by Crippen LogP contribution is -2.64. The van der Waals surface area contributed by atoms with Crippen molar-refractivity contribution in [2.24, 2.45) is 41.4 Å². The van der Waals surface area contributed by atoms with Gasteiger partial charge < -0.3 is 65.6 Å². The molecule has 1 aliphatic heterocycles. The van der Waals surface area contributed by atoms with E-state index in [0.29, 0.717) is 19.4 Å². The number of aliphatic hydroxyl groups excluding tert-OH is 1. The quantitative estimate of drug-likeness (QED) is 0.123. The standard InChI is InChI=1S/C66H120N12O12/c1-27-30-31-43(15)55(79)54-59(83)69-46(29-3)61(85)72(20)47(32-33-71(18)19)62(86)77(25)53(42(14)28-2)58(82)70-51(40(10)11)65(89)73(21)48(34-37(4)5)57(81)67-44(16)56(80)68-45(17)60(84)74(22)49(35-38(6)7)63(87)75(23)50(36-39(8)9)64(88)76(24)52(41(12)13)66(90)78(54)26/h27,30,37-55,79H,28-29,31-36H2,1-26H3,(H,67,81)(H,68,80)(H,69,83)(H,70,82)/b30-27+/t42?,43-,44+,45-,46+,47-,48+,49+,50+,51+,52+,53+,54+,55-/m1/s1. The highest BCUT2D eigenvalue weighted by molar-refractivity contribution is 6.00. The van der Waals surface area contributed by atoms with Gasteiger partial charge in [-0.2, -0.15) is 0 Å². The van der Waals surface area contributed by atoms with Crippen LogP contribution < -0.4 is 21.3 Å². The third-order valence-electron chi connectivity index (χ3n) is 17.6. The zero-order chi connectivity index (χ0) is 69.8. The van der Waals surface area contributed by atoms with Crippen molar-refractivity contribution in [1.82, 2.24) is 60.5 Å². The van der Waals surface area contributed by atoms with Crippen LogP contribution in [-0.4, -0.2) is 252 Å². The molecule has 24 heteroatoms. The molecule has 0 aromatic rings. The average molecular weight is 1270 g/mol. The minimum atomic E-state index is -1.63. The summed E-state index contributed by atoms with van der Waals surface area (Å²) in [6, 6.07) is -13.7. The highest BCUT2D eigenvalue weighted by Gasteiger charge is 2.47. The van der Waals surface area contributed by atoms with Gasteiger partial charge in [-0.25, -0.2) is 0 Å². The Morgan fingerprint density at radius 3 is 1.34 bits per heavy atom. The molecule has 0 spiro atoms. The monoisotopic (exact) mass is 1270 g/mol. The summed E-state index contributed by atoms with van der Waals surface area (Å²) in [5, 5.41) is 23.4. The lowest BCUT2D eigenvalue weighted by molar-refractivity contribution is -0.157. The number of hydrogen-bond acceptors (Lipinski definition) is 13. The number of aliphatic hydroxyl groups is 1. The van der Waals surface area contributed by atoms with Crippen LogP contribution in [0.1, 0.15) is 163 Å². The van der Waals surface area contributed by atoms with Crippen molar-refractivity contribution in [3.63, 3.8) is 0 Å². The topological polar surface area (TPSA) is 282 Å². The lowest BCUT2D eigenvalue weighted by Gasteiger charge is -2.41. The normalized spacial score (nSPS) is 27.3. The van der Waals surface area contributed by atoms with Crippen LogP contribution in [0.25, 0.3) is 0 Å². The molecule has 14 atom stereocenters. The molecule has 0 aromatic carbocycles. The molecule has 5 N–H and O–H groups in total. The first-order valence-electron chi connectivity index (χ1n) is 32.6. The molecule has 11 amide bonds. The van der Waals surface area contributed by atoms with Gasteiger partial charge in [-0.15, -0.1) is 0 Å². The van der Waals surface area contributed by atoms with E-state index in [1.54, 1.807) is 68.6 Å². The Hall–Kier alpha value is -6.17. The Kier molecular flexibility index (Phi) is 34.0. The van der Waals surface area contributed by atoms with Crippen molar-refractivity contribution in [3.05, 3.63) is 12.2 Å². The van der Waals surface area contributed by atoms with Gasteiger partial charge in [0.2, 0.25) is 65.0 Å². The fraction of sp³-hybridized carbons (Fsp3) is 0.803. The number of nitrogens with zero attached hydrogens (tertiary/aromatic N) is 8. The number of nitrogens with one attached hydrogen (secondary N) is 4. The van der Waals surface area contributed by atoms with Crippen molar-refractivity contribution < 1.29 is 57.8 Å². The van der Waals surface area contributed by atoms with Crippen molar-refractivity contribution in [2.45, 2.75) is 235 Å². The number of amides is 11. The molecule has 516 valence electrons. The molecular weight excluding hydrogens is 1150 g/mol. The van der Waals surface area contributed by atoms with Gasteiger partial charge in [-0.05, 0) is 121 Å². The highest BCUT2D eigenvalue weighted by Crippen LogP contribution is 2.26. The third kappa shape index (κ3) is 22.3. The number of hydrogen-bond donors (Lipinski definition) is 5. The molecule has 1 fully saturated rings. The Morgan fingerprint density at radius 1 is 0.467 bits per heavy atom. The first-order valence-corrected chi connectivity index (χ1v) is 32.6. The van der Waals surface area contributed by atoms with Gasteiger partial charge in [0.15, 0.2) is 0 Å². The fourth-order valence-corrected chi connectivity index (χ4v) is 11.6. The molecular formula is C66H120N12O12. The predicted octanol–water partition coefficient (Wildman–Crippen LogP) is 3.59. The van der Waals surface area contributed by atoms with E-state index in [0.717, 1.165) is 4.90 Å². The Morgan fingerprint density at radius 2 is 0.889 bits per heavy atom. The zero-order valence-corrected chi connectivity index (χ0v) is 59.8. The maximum absolute atomic E-state index is 15.3. The zero-order valence-electron chi connectivity index (χ0n) is 59.8. The van der Waals surface area contributed by atoms with Gasteiger partial charge in [0.1, 0.15) is 66.5 Å². The summed E-state index contributed by atoms with van der Waals surface area (Å²) >= 11 is 0. The largest absolute Gasteiger partial charge is 0.390 e. The highest BCUT2D eigenvalue weighted by atomic mass is 16.3. The van der Waals surface area contributed by atoms with Crippen LogP contribution in [0.3, 0.4) is 0 Å². The molecule has 24 nitrogen and oxygen atoms in total. The van der Waals surface area contributed by atoms with Crippen molar-refractivity contribution in [2.75, 3.05) is 70.0 Å². The first-order chi connectivity index (χ1) is 41.6. The first kappa shape index (κ1) is 81.8. The summed E-state index contributed by atoms with van der Waals surface area (Å²) in [5.74, 6) is -10.1. The second-order valence-electron chi connectivity index (χ2n) is 27.6. The van der Waals surface area contributed by atoms with E-state index in [-0.39, 0.29) is 49.9 Å². The molecule has 0 bridgehead atoms. The van der Waals surface area contributed by atoms with Gasteiger partial charge in [0.25, 0.3) is 0 Å². The Bertz CT molecular complexity index is 2450. The van der Waals surface area contributed by atoms with Crippen LogP contribution in [0, 0.1) is 41.4 Å². The molecule has 1 heterocycles. The second kappa shape index (κ2) is 37.4. The van der Waals surface area contributed by atoms with Gasteiger partial charge >= 0.3 is 0 Å². The number of allylic oxidation sites excluding steroid dienone is 2. The molecule has 1 aliphatic rings. The molecule has 1 saturated heterocycles. The fourth-order valence-electron chi connectivity index (χ4n) is 11.6. The van der Waals surface area contributed by atoms with Crippen LogP contribution in [0.15, 0.2) is 12.2 Å². The molecule has 0 aromatic heterocycles. The summed E-state index contributed by atoms with van der Waals surface area (Å²) in [6.45, 7) is 30.2. The van der Waals surface area contributed by atoms with Crippen molar-refractivity contribution >= 4 is 65.0 Å². The molecule has 0 saturated carbocycles. The van der Waals surface area contributed by atoms with Crippen LogP contribution in [0.4, 0.5) is 0 Å². The maximum atomic E-state index is 15.3. The van der Waals surface area contributed by atoms with E-state index in [4.69, 9.17) is 0 Å². The van der Waals surface area contributed by atoms with Gasteiger partial charge in [-0.1, -0.05) is 116 Å². The van der Waals surface area contributed by atoms with Crippen LogP contribution >= 0.6 is 0 Å². The lowest BCUT2D eigenvalue weighted by atomic mass is 9.91. The van der Waals surface area contributed by atoms with E-state index >= 15 is 28.8 Å². The smallest absolute Gasteiger partial charge is 0.246 e.